The van der Waals surface area contributed by atoms with Crippen LogP contribution in [-0.2, 0) is 18.4 Å². The fraction of sp³-hybridized carbons (Fsp3) is 0.400. The Morgan fingerprint density at radius 1 is 1.32 bits per heavy atom. The Balaban J connectivity index is 1.75. The molecule has 0 aliphatic carbocycles. The van der Waals surface area contributed by atoms with Crippen LogP contribution in [0.5, 0.6) is 0 Å². The number of benzene rings is 1. The van der Waals surface area contributed by atoms with Crippen molar-refractivity contribution in [3.8, 4) is 0 Å². The Morgan fingerprint density at radius 2 is 2.11 bits per heavy atom. The van der Waals surface area contributed by atoms with Crippen LogP contribution in [-0.4, -0.2) is 16.5 Å². The molecule has 0 bridgehead atoms. The second kappa shape index (κ2) is 4.78. The monoisotopic (exact) mass is 259 g/mol. The highest BCUT2D eigenvalue weighted by molar-refractivity contribution is 5.25. The molecule has 4 heteroatoms. The van der Waals surface area contributed by atoms with E-state index in [0.717, 1.165) is 37.1 Å². The van der Waals surface area contributed by atoms with Gasteiger partial charge in [-0.25, -0.2) is 9.37 Å². The minimum absolute atomic E-state index is 0.0953. The lowest BCUT2D eigenvalue weighted by Crippen LogP contribution is -2.45. The van der Waals surface area contributed by atoms with Crippen molar-refractivity contribution < 1.29 is 4.39 Å². The Labute approximate surface area is 112 Å². The Bertz CT molecular complexity index is 561. The molecule has 1 atom stereocenters. The number of aromatic amines is 1. The molecule has 100 valence electrons. The number of aromatic nitrogens is 2. The van der Waals surface area contributed by atoms with E-state index >= 15 is 0 Å². The minimum Gasteiger partial charge on any atom is -0.348 e. The molecule has 3 rings (SSSR count). The molecule has 0 spiro atoms. The molecular formula is C15H18FN3. The molecule has 1 aliphatic heterocycles. The molecule has 1 unspecified atom stereocenters. The van der Waals surface area contributed by atoms with E-state index in [-0.39, 0.29) is 11.4 Å². The van der Waals surface area contributed by atoms with Gasteiger partial charge in [0, 0.05) is 18.7 Å². The summed E-state index contributed by atoms with van der Waals surface area (Å²) < 4.78 is 12.9. The summed E-state index contributed by atoms with van der Waals surface area (Å²) in [5.74, 6) is -0.180. The zero-order chi connectivity index (χ0) is 13.3. The van der Waals surface area contributed by atoms with Gasteiger partial charge in [-0.2, -0.15) is 0 Å². The summed E-state index contributed by atoms with van der Waals surface area (Å²) in [6.07, 6.45) is 4.64. The van der Waals surface area contributed by atoms with Gasteiger partial charge in [-0.15, -0.1) is 0 Å². The van der Waals surface area contributed by atoms with E-state index in [0.29, 0.717) is 0 Å². The third-order valence-corrected chi connectivity index (χ3v) is 3.96. The minimum atomic E-state index is -0.180. The van der Waals surface area contributed by atoms with E-state index in [2.05, 4.69) is 22.2 Å². The van der Waals surface area contributed by atoms with Gasteiger partial charge in [-0.05, 0) is 37.5 Å². The third-order valence-electron chi connectivity index (χ3n) is 3.96. The summed E-state index contributed by atoms with van der Waals surface area (Å²) in [4.78, 5) is 7.68. The number of imidazole rings is 1. The lowest BCUT2D eigenvalue weighted by atomic mass is 9.86. The number of nitrogens with zero attached hydrogens (tertiary/aromatic N) is 1. The van der Waals surface area contributed by atoms with Crippen LogP contribution in [0.3, 0.4) is 0 Å². The second-order valence-electron chi connectivity index (χ2n) is 5.37. The molecular weight excluding hydrogens is 241 g/mol. The molecule has 0 radical (unpaired) electrons. The maximum atomic E-state index is 12.9. The molecule has 1 aromatic heterocycles. The van der Waals surface area contributed by atoms with Crippen molar-refractivity contribution in [1.82, 2.24) is 15.3 Å². The Hall–Kier alpha value is -1.68. The standard InChI is InChI=1S/C15H18FN3/c1-15(8-6-11-2-4-12(16)5-3-11)14-13(7-9-19-15)17-10-18-14/h2-5,10,19H,6-9H2,1H3,(H,17,18). The summed E-state index contributed by atoms with van der Waals surface area (Å²) in [6, 6.07) is 6.75. The topological polar surface area (TPSA) is 40.7 Å². The van der Waals surface area contributed by atoms with Gasteiger partial charge in [-0.1, -0.05) is 12.1 Å². The molecule has 0 saturated heterocycles. The number of halogens is 1. The summed E-state index contributed by atoms with van der Waals surface area (Å²) >= 11 is 0. The van der Waals surface area contributed by atoms with Crippen molar-refractivity contribution in [2.75, 3.05) is 6.54 Å². The Morgan fingerprint density at radius 3 is 2.89 bits per heavy atom. The lowest BCUT2D eigenvalue weighted by molar-refractivity contribution is 0.314. The molecule has 0 amide bonds. The highest BCUT2D eigenvalue weighted by Gasteiger charge is 2.33. The van der Waals surface area contributed by atoms with Gasteiger partial charge in [0.05, 0.1) is 17.6 Å². The number of rotatable bonds is 3. The smallest absolute Gasteiger partial charge is 0.123 e. The SMILES string of the molecule is CC1(CCc2ccc(F)cc2)NCCc2[nH]cnc21. The fourth-order valence-electron chi connectivity index (χ4n) is 2.79. The van der Waals surface area contributed by atoms with Gasteiger partial charge in [0.2, 0.25) is 0 Å². The molecule has 2 N–H and O–H groups in total. The number of hydrogen-bond donors (Lipinski definition) is 2. The summed E-state index contributed by atoms with van der Waals surface area (Å²) in [5.41, 5.74) is 3.43. The first-order valence-corrected chi connectivity index (χ1v) is 6.70. The normalized spacial score (nSPS) is 22.2. The Kier molecular flexibility index (Phi) is 3.11. The molecule has 1 aromatic carbocycles. The van der Waals surface area contributed by atoms with Crippen molar-refractivity contribution in [2.24, 2.45) is 0 Å². The number of H-pyrrole nitrogens is 1. The van der Waals surface area contributed by atoms with Crippen LogP contribution >= 0.6 is 0 Å². The van der Waals surface area contributed by atoms with Crippen LogP contribution in [0.4, 0.5) is 4.39 Å². The van der Waals surface area contributed by atoms with Crippen molar-refractivity contribution in [3.05, 3.63) is 53.4 Å². The van der Waals surface area contributed by atoms with Gasteiger partial charge in [-0.3, -0.25) is 0 Å². The zero-order valence-corrected chi connectivity index (χ0v) is 11.0. The van der Waals surface area contributed by atoms with E-state index in [1.165, 1.54) is 17.8 Å². The summed E-state index contributed by atoms with van der Waals surface area (Å²) in [7, 11) is 0. The fourth-order valence-corrected chi connectivity index (χ4v) is 2.79. The maximum Gasteiger partial charge on any atom is 0.123 e. The van der Waals surface area contributed by atoms with Crippen molar-refractivity contribution >= 4 is 0 Å². The van der Waals surface area contributed by atoms with E-state index < -0.39 is 0 Å². The van der Waals surface area contributed by atoms with Crippen molar-refractivity contribution in [1.29, 1.82) is 0 Å². The number of nitrogens with one attached hydrogen (secondary N) is 2. The van der Waals surface area contributed by atoms with E-state index in [1.54, 1.807) is 6.33 Å². The van der Waals surface area contributed by atoms with Crippen molar-refractivity contribution in [2.45, 2.75) is 31.7 Å². The van der Waals surface area contributed by atoms with Gasteiger partial charge in [0.15, 0.2) is 0 Å². The van der Waals surface area contributed by atoms with Crippen LogP contribution < -0.4 is 5.32 Å². The molecule has 0 saturated carbocycles. The van der Waals surface area contributed by atoms with E-state index in [9.17, 15) is 4.39 Å². The quantitative estimate of drug-likeness (QED) is 0.889. The largest absolute Gasteiger partial charge is 0.348 e. The maximum absolute atomic E-state index is 12.9. The predicted molar refractivity (Wildman–Crippen MR) is 72.4 cm³/mol. The molecule has 3 nitrogen and oxygen atoms in total. The molecule has 19 heavy (non-hydrogen) atoms. The average Bonchev–Trinajstić information content (AvgIpc) is 2.88. The van der Waals surface area contributed by atoms with Crippen molar-refractivity contribution in [3.63, 3.8) is 0 Å². The number of hydrogen-bond acceptors (Lipinski definition) is 2. The highest BCUT2D eigenvalue weighted by Crippen LogP contribution is 2.30. The molecule has 1 aliphatic rings. The first kappa shape index (κ1) is 12.4. The van der Waals surface area contributed by atoms with Crippen LogP contribution in [0.2, 0.25) is 0 Å². The zero-order valence-electron chi connectivity index (χ0n) is 11.0. The molecule has 0 fully saturated rings. The molecule has 2 aromatic rings. The summed E-state index contributed by atoms with van der Waals surface area (Å²) in [6.45, 7) is 3.16. The van der Waals surface area contributed by atoms with Crippen LogP contribution in [0, 0.1) is 5.82 Å². The average molecular weight is 259 g/mol. The lowest BCUT2D eigenvalue weighted by Gasteiger charge is -2.34. The number of fused-ring (bicyclic) bond motifs is 1. The van der Waals surface area contributed by atoms with E-state index in [1.807, 2.05) is 12.1 Å². The first-order valence-electron chi connectivity index (χ1n) is 6.70. The van der Waals surface area contributed by atoms with Gasteiger partial charge in [0.25, 0.3) is 0 Å². The van der Waals surface area contributed by atoms with Crippen LogP contribution in [0.25, 0.3) is 0 Å². The van der Waals surface area contributed by atoms with E-state index in [4.69, 9.17) is 0 Å². The second-order valence-corrected chi connectivity index (χ2v) is 5.37. The van der Waals surface area contributed by atoms with Gasteiger partial charge < -0.3 is 10.3 Å². The van der Waals surface area contributed by atoms with Crippen LogP contribution in [0.1, 0.15) is 30.3 Å². The predicted octanol–water partition coefficient (Wildman–Crippen LogP) is 2.54. The first-order chi connectivity index (χ1) is 9.17. The highest BCUT2D eigenvalue weighted by atomic mass is 19.1. The van der Waals surface area contributed by atoms with Crippen LogP contribution in [0.15, 0.2) is 30.6 Å². The third kappa shape index (κ3) is 2.40. The summed E-state index contributed by atoms with van der Waals surface area (Å²) in [5, 5.41) is 3.56. The van der Waals surface area contributed by atoms with Gasteiger partial charge >= 0.3 is 0 Å². The molecule has 2 heterocycles. The number of aryl methyl sites for hydroxylation is 1. The van der Waals surface area contributed by atoms with Gasteiger partial charge in [0.1, 0.15) is 5.82 Å².